The number of benzene rings is 1. The molecule has 3 aromatic heterocycles. The van der Waals surface area contributed by atoms with Gasteiger partial charge in [0.25, 0.3) is 0 Å². The molecule has 0 unspecified atom stereocenters. The van der Waals surface area contributed by atoms with Gasteiger partial charge in [0.15, 0.2) is 0 Å². The molecule has 5 heterocycles. The number of aromatic nitrogens is 4. The molecule has 11 heteroatoms. The Morgan fingerprint density at radius 2 is 1.88 bits per heavy atom. The molecule has 0 spiro atoms. The highest BCUT2D eigenvalue weighted by atomic mass is 28.3. The molecule has 0 N–H and O–H groups in total. The highest BCUT2D eigenvalue weighted by Gasteiger charge is 2.32. The van der Waals surface area contributed by atoms with E-state index >= 15 is 0 Å². The molecule has 0 bridgehead atoms. The summed E-state index contributed by atoms with van der Waals surface area (Å²) in [7, 11) is -1.13. The van der Waals surface area contributed by atoms with Gasteiger partial charge in [-0.3, -0.25) is 9.88 Å². The van der Waals surface area contributed by atoms with Crippen LogP contribution in [-0.2, 0) is 22.7 Å². The number of rotatable bonds is 11. The van der Waals surface area contributed by atoms with E-state index in [4.69, 9.17) is 19.2 Å². The Labute approximate surface area is 253 Å². The molecule has 0 radical (unpaired) electrons. The van der Waals surface area contributed by atoms with Crippen LogP contribution in [0, 0.1) is 0 Å². The summed E-state index contributed by atoms with van der Waals surface area (Å²) in [5.41, 5.74) is 3.89. The van der Waals surface area contributed by atoms with Crippen molar-refractivity contribution in [1.29, 1.82) is 0 Å². The van der Waals surface area contributed by atoms with E-state index in [9.17, 15) is 4.79 Å². The number of carbonyl (C=O) groups excluding carboxylic acids is 1. The van der Waals surface area contributed by atoms with Crippen molar-refractivity contribution in [3.8, 4) is 22.9 Å². The normalized spacial score (nSPS) is 16.6. The highest BCUT2D eigenvalue weighted by Crippen LogP contribution is 2.27. The average Bonchev–Trinajstić information content (AvgIpc) is 3.65. The standard InChI is InChI=1S/C32H40N6O4Si/c1-43(2,3)19-18-40-23-38-30(10-13-34-38)25-5-9-31(33-21-25)42-28-7-8-29-24(20-28)4-6-26(35-29)22-36-14-11-27(12-15-36)37-16-17-41-32(37)39/h4-10,13,20-21,27H,11-12,14-19,22-23H2,1-3H3. The molecule has 0 saturated carbocycles. The zero-order valence-corrected chi connectivity index (χ0v) is 26.2. The van der Waals surface area contributed by atoms with Crippen molar-refractivity contribution in [3.63, 3.8) is 0 Å². The molecule has 2 fully saturated rings. The van der Waals surface area contributed by atoms with E-state index in [0.29, 0.717) is 31.5 Å². The average molecular weight is 601 g/mol. The first-order valence-corrected chi connectivity index (χ1v) is 18.8. The van der Waals surface area contributed by atoms with Crippen LogP contribution in [0.1, 0.15) is 18.5 Å². The Morgan fingerprint density at radius 3 is 2.63 bits per heavy atom. The molecule has 0 aliphatic carbocycles. The number of cyclic esters (lactones) is 1. The van der Waals surface area contributed by atoms with Crippen molar-refractivity contribution in [3.05, 3.63) is 66.6 Å². The first-order chi connectivity index (χ1) is 20.8. The van der Waals surface area contributed by atoms with Crippen LogP contribution >= 0.6 is 0 Å². The lowest BCUT2D eigenvalue weighted by Crippen LogP contribution is -2.45. The fourth-order valence-electron chi connectivity index (χ4n) is 5.58. The summed E-state index contributed by atoms with van der Waals surface area (Å²) in [6.45, 7) is 12.1. The summed E-state index contributed by atoms with van der Waals surface area (Å²) in [5, 5.41) is 5.44. The molecule has 2 saturated heterocycles. The van der Waals surface area contributed by atoms with Crippen molar-refractivity contribution < 1.29 is 19.0 Å². The van der Waals surface area contributed by atoms with Crippen molar-refractivity contribution in [2.24, 2.45) is 0 Å². The summed E-state index contributed by atoms with van der Waals surface area (Å²) in [6, 6.07) is 17.4. The number of hydrogen-bond donors (Lipinski definition) is 0. The number of carbonyl (C=O) groups is 1. The third-order valence-electron chi connectivity index (χ3n) is 8.08. The Hall–Kier alpha value is -3.80. The van der Waals surface area contributed by atoms with Crippen molar-refractivity contribution in [2.75, 3.05) is 32.8 Å². The molecule has 4 aromatic rings. The number of piperidine rings is 1. The van der Waals surface area contributed by atoms with Gasteiger partial charge in [0.1, 0.15) is 19.1 Å². The number of amides is 1. The smallest absolute Gasteiger partial charge is 0.410 e. The van der Waals surface area contributed by atoms with Crippen LogP contribution in [0.5, 0.6) is 11.6 Å². The van der Waals surface area contributed by atoms with Gasteiger partial charge >= 0.3 is 6.09 Å². The number of nitrogens with zero attached hydrogens (tertiary/aromatic N) is 6. The summed E-state index contributed by atoms with van der Waals surface area (Å²) in [4.78, 5) is 25.6. The second-order valence-electron chi connectivity index (χ2n) is 12.5. The largest absolute Gasteiger partial charge is 0.448 e. The zero-order valence-electron chi connectivity index (χ0n) is 25.2. The van der Waals surface area contributed by atoms with Gasteiger partial charge in [-0.05, 0) is 55.3 Å². The number of fused-ring (bicyclic) bond motifs is 1. The Bertz CT molecular complexity index is 1550. The molecule has 6 rings (SSSR count). The van der Waals surface area contributed by atoms with E-state index in [1.54, 1.807) is 12.4 Å². The van der Waals surface area contributed by atoms with Crippen LogP contribution in [0.25, 0.3) is 22.2 Å². The monoisotopic (exact) mass is 600 g/mol. The lowest BCUT2D eigenvalue weighted by molar-refractivity contribution is 0.0798. The number of pyridine rings is 2. The minimum absolute atomic E-state index is 0.164. The Morgan fingerprint density at radius 1 is 1.02 bits per heavy atom. The molecule has 1 amide bonds. The minimum atomic E-state index is -1.13. The maximum Gasteiger partial charge on any atom is 0.410 e. The van der Waals surface area contributed by atoms with Gasteiger partial charge in [0, 0.05) is 69.8 Å². The first kappa shape index (κ1) is 29.3. The second kappa shape index (κ2) is 12.8. The van der Waals surface area contributed by atoms with Gasteiger partial charge < -0.3 is 19.1 Å². The Balaban J connectivity index is 1.03. The van der Waals surface area contributed by atoms with E-state index < -0.39 is 8.07 Å². The SMILES string of the molecule is C[Si](C)(C)CCOCn1nccc1-c1ccc(Oc2ccc3nc(CN4CCC(N5CCOC5=O)CC4)ccc3c2)nc1. The van der Waals surface area contributed by atoms with Crippen molar-refractivity contribution >= 4 is 25.1 Å². The van der Waals surface area contributed by atoms with Crippen LogP contribution in [0.15, 0.2) is 60.9 Å². The summed E-state index contributed by atoms with van der Waals surface area (Å²) >= 11 is 0. The lowest BCUT2D eigenvalue weighted by Gasteiger charge is -2.35. The van der Waals surface area contributed by atoms with Gasteiger partial charge in [-0.25, -0.2) is 14.5 Å². The molecule has 2 aliphatic rings. The molecule has 2 aliphatic heterocycles. The van der Waals surface area contributed by atoms with Gasteiger partial charge in [0.05, 0.1) is 23.4 Å². The first-order valence-electron chi connectivity index (χ1n) is 15.1. The van der Waals surface area contributed by atoms with Crippen molar-refractivity contribution in [1.82, 2.24) is 29.5 Å². The quantitative estimate of drug-likeness (QED) is 0.153. The number of hydrogen-bond acceptors (Lipinski definition) is 8. The zero-order chi connectivity index (χ0) is 29.8. The second-order valence-corrected chi connectivity index (χ2v) is 18.1. The van der Waals surface area contributed by atoms with E-state index in [0.717, 1.165) is 73.0 Å². The predicted octanol–water partition coefficient (Wildman–Crippen LogP) is 6.01. The maximum absolute atomic E-state index is 11.9. The Kier molecular flexibility index (Phi) is 8.73. The van der Waals surface area contributed by atoms with E-state index in [1.165, 1.54) is 0 Å². The maximum atomic E-state index is 11.9. The minimum Gasteiger partial charge on any atom is -0.448 e. The third-order valence-corrected chi connectivity index (χ3v) is 9.78. The van der Waals surface area contributed by atoms with Crippen molar-refractivity contribution in [2.45, 2.75) is 57.8 Å². The summed E-state index contributed by atoms with van der Waals surface area (Å²) < 4.78 is 18.9. The third kappa shape index (κ3) is 7.41. The van der Waals surface area contributed by atoms with E-state index in [1.807, 2.05) is 46.0 Å². The lowest BCUT2D eigenvalue weighted by atomic mass is 10.0. The van der Waals surface area contributed by atoms with Crippen LogP contribution in [-0.4, -0.2) is 82.6 Å². The van der Waals surface area contributed by atoms with E-state index in [-0.39, 0.29) is 12.1 Å². The van der Waals surface area contributed by atoms with Gasteiger partial charge in [-0.2, -0.15) is 5.10 Å². The molecule has 226 valence electrons. The topological polar surface area (TPSA) is 94.8 Å². The number of ether oxygens (including phenoxy) is 3. The van der Waals surface area contributed by atoms with Crippen LogP contribution in [0.2, 0.25) is 25.7 Å². The predicted molar refractivity (Wildman–Crippen MR) is 168 cm³/mol. The molecule has 10 nitrogen and oxygen atoms in total. The molecule has 43 heavy (non-hydrogen) atoms. The van der Waals surface area contributed by atoms with Crippen LogP contribution in [0.3, 0.4) is 0 Å². The fourth-order valence-corrected chi connectivity index (χ4v) is 6.33. The summed E-state index contributed by atoms with van der Waals surface area (Å²) in [5.74, 6) is 1.24. The molecule has 0 atom stereocenters. The van der Waals surface area contributed by atoms with Gasteiger partial charge in [-0.1, -0.05) is 25.7 Å². The molecular formula is C32H40N6O4Si. The number of likely N-dealkylation sites (tertiary alicyclic amines) is 1. The van der Waals surface area contributed by atoms with Gasteiger partial charge in [-0.15, -0.1) is 0 Å². The molecule has 1 aromatic carbocycles. The summed E-state index contributed by atoms with van der Waals surface area (Å²) in [6.07, 6.45) is 5.36. The van der Waals surface area contributed by atoms with Gasteiger partial charge in [0.2, 0.25) is 5.88 Å². The molecular weight excluding hydrogens is 560 g/mol. The van der Waals surface area contributed by atoms with E-state index in [2.05, 4.69) is 46.8 Å². The highest BCUT2D eigenvalue weighted by molar-refractivity contribution is 6.76. The van der Waals surface area contributed by atoms with Crippen LogP contribution < -0.4 is 4.74 Å². The van der Waals surface area contributed by atoms with Crippen LogP contribution in [0.4, 0.5) is 4.79 Å². The fraction of sp³-hybridized carbons (Fsp3) is 0.438.